The van der Waals surface area contributed by atoms with Crippen molar-refractivity contribution in [1.82, 2.24) is 4.98 Å². The van der Waals surface area contributed by atoms with Gasteiger partial charge in [-0.05, 0) is 30.1 Å². The number of carbonyl (C=O) groups is 1. The average Bonchev–Trinajstić information content (AvgIpc) is 2.51. The first kappa shape index (κ1) is 14.9. The van der Waals surface area contributed by atoms with Gasteiger partial charge in [0.05, 0.1) is 12.1 Å². The summed E-state index contributed by atoms with van der Waals surface area (Å²) < 4.78 is 40.8. The molecule has 0 N–H and O–H groups in total. The van der Waals surface area contributed by atoms with Crippen LogP contribution in [0.25, 0.3) is 0 Å². The summed E-state index contributed by atoms with van der Waals surface area (Å²) in [7, 11) is 0. The van der Waals surface area contributed by atoms with Gasteiger partial charge in [-0.1, -0.05) is 18.2 Å². The molecule has 0 amide bonds. The Morgan fingerprint density at radius 2 is 2.00 bits per heavy atom. The summed E-state index contributed by atoms with van der Waals surface area (Å²) in [4.78, 5) is 16.6. The molecule has 0 spiro atoms. The van der Waals surface area contributed by atoms with E-state index in [1.54, 1.807) is 12.1 Å². The highest BCUT2D eigenvalue weighted by molar-refractivity contribution is 8.01. The normalized spacial score (nSPS) is 17.7. The number of ketones is 1. The molecule has 1 unspecified atom stereocenters. The van der Waals surface area contributed by atoms with Crippen molar-refractivity contribution < 1.29 is 18.0 Å². The number of hydrogen-bond acceptors (Lipinski definition) is 4. The monoisotopic (exact) mass is 324 g/mol. The molecule has 0 fully saturated rings. The highest BCUT2D eigenvalue weighted by atomic mass is 32.2. The second-order valence-electron chi connectivity index (χ2n) is 4.70. The summed E-state index contributed by atoms with van der Waals surface area (Å²) in [6, 6.07) is 8.96. The Balaban J connectivity index is 2.05. The van der Waals surface area contributed by atoms with E-state index in [0.717, 1.165) is 11.9 Å². The Kier molecular flexibility index (Phi) is 4.06. The van der Waals surface area contributed by atoms with Crippen molar-refractivity contribution in [3.8, 4) is 0 Å². The van der Waals surface area contributed by atoms with E-state index >= 15 is 0 Å². The molecule has 1 aliphatic rings. The number of nitrogens with zero attached hydrogens (tertiary/aromatic N) is 2. The van der Waals surface area contributed by atoms with Crippen molar-refractivity contribution in [3.63, 3.8) is 0 Å². The van der Waals surface area contributed by atoms with Gasteiger partial charge in [0.25, 0.3) is 6.43 Å². The minimum absolute atomic E-state index is 0.186. The van der Waals surface area contributed by atoms with E-state index in [-0.39, 0.29) is 22.7 Å². The van der Waals surface area contributed by atoms with E-state index in [2.05, 4.69) is 4.98 Å². The van der Waals surface area contributed by atoms with Gasteiger partial charge < -0.3 is 0 Å². The molecule has 0 saturated heterocycles. The van der Waals surface area contributed by atoms with E-state index < -0.39 is 24.0 Å². The summed E-state index contributed by atoms with van der Waals surface area (Å²) in [6.07, 6.45) is -1.15. The Morgan fingerprint density at radius 3 is 2.73 bits per heavy atom. The number of alkyl halides is 2. The third kappa shape index (κ3) is 2.68. The maximum absolute atomic E-state index is 14.0. The van der Waals surface area contributed by atoms with Crippen molar-refractivity contribution in [2.75, 3.05) is 10.8 Å². The lowest BCUT2D eigenvalue weighted by atomic mass is 10.0. The molecular formula is C15H11F3N2OS. The fourth-order valence-electron chi connectivity index (χ4n) is 2.29. The second-order valence-corrected chi connectivity index (χ2v) is 5.82. The van der Waals surface area contributed by atoms with Crippen LogP contribution in [0, 0.1) is 5.82 Å². The second kappa shape index (κ2) is 6.00. The van der Waals surface area contributed by atoms with Crippen molar-refractivity contribution in [2.24, 2.45) is 0 Å². The molecule has 0 saturated carbocycles. The predicted octanol–water partition coefficient (Wildman–Crippen LogP) is 3.88. The zero-order chi connectivity index (χ0) is 15.7. The Hall–Kier alpha value is -2.02. The Bertz CT molecular complexity index is 711. The zero-order valence-electron chi connectivity index (χ0n) is 11.2. The molecule has 7 heteroatoms. The molecule has 2 aromatic rings. The van der Waals surface area contributed by atoms with Crippen LogP contribution in [0.15, 0.2) is 42.6 Å². The maximum atomic E-state index is 14.0. The molecule has 3 nitrogen and oxygen atoms in total. The fourth-order valence-corrected chi connectivity index (χ4v) is 3.52. The van der Waals surface area contributed by atoms with Gasteiger partial charge in [0.1, 0.15) is 16.9 Å². The number of anilines is 1. The first-order valence-electron chi connectivity index (χ1n) is 6.54. The lowest BCUT2D eigenvalue weighted by Gasteiger charge is -2.32. The number of rotatable bonds is 3. The molecule has 1 atom stereocenters. The summed E-state index contributed by atoms with van der Waals surface area (Å²) in [5, 5.41) is -0.892. The van der Waals surface area contributed by atoms with Crippen LogP contribution < -0.4 is 4.31 Å². The van der Waals surface area contributed by atoms with Gasteiger partial charge in [0.15, 0.2) is 5.78 Å². The zero-order valence-corrected chi connectivity index (χ0v) is 12.1. The van der Waals surface area contributed by atoms with Crippen molar-refractivity contribution in [3.05, 3.63) is 59.5 Å². The number of aromatic nitrogens is 1. The van der Waals surface area contributed by atoms with Crippen LogP contribution in [0.2, 0.25) is 0 Å². The van der Waals surface area contributed by atoms with Crippen LogP contribution in [0.1, 0.15) is 21.2 Å². The van der Waals surface area contributed by atoms with E-state index in [4.69, 9.17) is 0 Å². The van der Waals surface area contributed by atoms with Gasteiger partial charge in [0, 0.05) is 11.8 Å². The van der Waals surface area contributed by atoms with Crippen LogP contribution in [-0.4, -0.2) is 23.7 Å². The van der Waals surface area contributed by atoms with E-state index in [9.17, 15) is 18.0 Å². The summed E-state index contributed by atoms with van der Waals surface area (Å²) in [6.45, 7) is -0.576. The smallest absolute Gasteiger partial charge is 0.256 e. The number of benzene rings is 1. The first-order chi connectivity index (χ1) is 10.6. The molecule has 22 heavy (non-hydrogen) atoms. The van der Waals surface area contributed by atoms with Gasteiger partial charge >= 0.3 is 0 Å². The lowest BCUT2D eigenvalue weighted by molar-refractivity contribution is 0.0985. The lowest BCUT2D eigenvalue weighted by Crippen LogP contribution is -2.32. The third-order valence-corrected chi connectivity index (χ3v) is 4.51. The maximum Gasteiger partial charge on any atom is 0.256 e. The van der Waals surface area contributed by atoms with Crippen LogP contribution in [0.4, 0.5) is 19.0 Å². The molecule has 1 aliphatic heterocycles. The van der Waals surface area contributed by atoms with Crippen molar-refractivity contribution in [1.29, 1.82) is 0 Å². The van der Waals surface area contributed by atoms with E-state index in [1.807, 2.05) is 0 Å². The topological polar surface area (TPSA) is 33.2 Å². The molecule has 2 heterocycles. The fraction of sp³-hybridized carbons (Fsp3) is 0.200. The predicted molar refractivity (Wildman–Crippen MR) is 78.6 cm³/mol. The van der Waals surface area contributed by atoms with E-state index in [1.165, 1.54) is 34.8 Å². The number of pyridine rings is 1. The van der Waals surface area contributed by atoms with Crippen LogP contribution >= 0.6 is 11.9 Å². The van der Waals surface area contributed by atoms with Gasteiger partial charge in [-0.3, -0.25) is 9.10 Å². The standard InChI is InChI=1S/C15H11F3N2OS/c16-11-6-2-1-4-9(11)14-13(21)10-5-3-7-19-15(10)20(22-14)8-12(17)18/h1-7,12,14H,8H2. The number of halogens is 3. The average molecular weight is 324 g/mol. The van der Waals surface area contributed by atoms with Gasteiger partial charge in [0.2, 0.25) is 0 Å². The minimum Gasteiger partial charge on any atom is -0.293 e. The molecule has 114 valence electrons. The molecule has 1 aromatic carbocycles. The largest absolute Gasteiger partial charge is 0.293 e. The number of hydrogen-bond donors (Lipinski definition) is 0. The number of carbonyl (C=O) groups excluding carboxylic acids is 1. The van der Waals surface area contributed by atoms with Crippen LogP contribution in [0.5, 0.6) is 0 Å². The highest BCUT2D eigenvalue weighted by Gasteiger charge is 2.36. The Labute approximate surface area is 129 Å². The Morgan fingerprint density at radius 1 is 1.23 bits per heavy atom. The molecule has 3 rings (SSSR count). The summed E-state index contributed by atoms with van der Waals surface area (Å²) in [5.74, 6) is -0.660. The molecular weight excluding hydrogens is 313 g/mol. The van der Waals surface area contributed by atoms with Gasteiger partial charge in [-0.25, -0.2) is 18.2 Å². The van der Waals surface area contributed by atoms with Crippen LogP contribution in [-0.2, 0) is 0 Å². The first-order valence-corrected chi connectivity index (χ1v) is 7.37. The quantitative estimate of drug-likeness (QED) is 0.802. The van der Waals surface area contributed by atoms with E-state index in [0.29, 0.717) is 0 Å². The number of Topliss-reactive ketones (excluding diaryl/α,β-unsaturated/α-hetero) is 1. The van der Waals surface area contributed by atoms with Gasteiger partial charge in [-0.15, -0.1) is 0 Å². The number of fused-ring (bicyclic) bond motifs is 1. The minimum atomic E-state index is -2.59. The van der Waals surface area contributed by atoms with Gasteiger partial charge in [-0.2, -0.15) is 0 Å². The summed E-state index contributed by atoms with van der Waals surface area (Å²) >= 11 is 0.879. The summed E-state index contributed by atoms with van der Waals surface area (Å²) in [5.41, 5.74) is 0.418. The molecule has 0 bridgehead atoms. The molecule has 0 radical (unpaired) electrons. The van der Waals surface area contributed by atoms with Crippen molar-refractivity contribution in [2.45, 2.75) is 11.7 Å². The van der Waals surface area contributed by atoms with Crippen molar-refractivity contribution >= 4 is 23.5 Å². The SMILES string of the molecule is O=C1c2cccnc2N(CC(F)F)SC1c1ccccc1F. The third-order valence-electron chi connectivity index (χ3n) is 3.25. The molecule has 1 aromatic heterocycles. The van der Waals surface area contributed by atoms with Crippen LogP contribution in [0.3, 0.4) is 0 Å². The highest BCUT2D eigenvalue weighted by Crippen LogP contribution is 2.44. The molecule has 0 aliphatic carbocycles.